The molecule has 0 saturated heterocycles. The first-order valence-electron chi connectivity index (χ1n) is 10.5. The Bertz CT molecular complexity index is 699. The van der Waals surface area contributed by atoms with E-state index in [9.17, 15) is 9.59 Å². The molecule has 0 atom stereocenters. The van der Waals surface area contributed by atoms with E-state index in [-0.39, 0.29) is 24.8 Å². The fourth-order valence-corrected chi connectivity index (χ4v) is 4.23. The molecule has 28 heavy (non-hydrogen) atoms. The molecule has 1 saturated carbocycles. The van der Waals surface area contributed by atoms with Crippen molar-refractivity contribution in [1.29, 1.82) is 0 Å². The maximum absolute atomic E-state index is 12.5. The third-order valence-corrected chi connectivity index (χ3v) is 6.10. The van der Waals surface area contributed by atoms with E-state index in [0.717, 1.165) is 30.0 Å². The molecular formula is C23H36N2O3. The van der Waals surface area contributed by atoms with Gasteiger partial charge in [0, 0.05) is 17.8 Å². The van der Waals surface area contributed by atoms with Crippen LogP contribution in [0.3, 0.4) is 0 Å². The van der Waals surface area contributed by atoms with Gasteiger partial charge in [0.25, 0.3) is 5.91 Å². The van der Waals surface area contributed by atoms with E-state index in [1.54, 1.807) is 6.92 Å². The zero-order chi connectivity index (χ0) is 20.9. The maximum Gasteiger partial charge on any atom is 0.307 e. The Hall–Kier alpha value is -2.04. The van der Waals surface area contributed by atoms with Crippen molar-refractivity contribution in [3.63, 3.8) is 0 Å². The number of carbonyl (C=O) groups is 2. The number of hydrogen-bond donors (Lipinski definition) is 2. The minimum atomic E-state index is -0.305. The molecular weight excluding hydrogens is 352 g/mol. The van der Waals surface area contributed by atoms with Crippen LogP contribution in [0.1, 0.15) is 87.2 Å². The van der Waals surface area contributed by atoms with Gasteiger partial charge in [-0.25, -0.2) is 0 Å². The molecule has 0 aromatic heterocycles. The van der Waals surface area contributed by atoms with Crippen molar-refractivity contribution in [2.75, 3.05) is 18.9 Å². The number of nitrogen functional groups attached to an aromatic ring is 1. The second-order valence-corrected chi connectivity index (χ2v) is 8.97. The number of nitrogens with two attached hydrogens (primary N) is 1. The van der Waals surface area contributed by atoms with Gasteiger partial charge in [0.05, 0.1) is 13.0 Å². The predicted octanol–water partition coefficient (Wildman–Crippen LogP) is 4.58. The molecule has 0 radical (unpaired) electrons. The van der Waals surface area contributed by atoms with Crippen LogP contribution in [0.5, 0.6) is 0 Å². The monoisotopic (exact) mass is 388 g/mol. The van der Waals surface area contributed by atoms with Gasteiger partial charge in [-0.2, -0.15) is 0 Å². The second kappa shape index (κ2) is 9.44. The van der Waals surface area contributed by atoms with E-state index in [1.807, 2.05) is 19.1 Å². The van der Waals surface area contributed by atoms with Crippen LogP contribution in [0.25, 0.3) is 0 Å². The first kappa shape index (κ1) is 22.3. The van der Waals surface area contributed by atoms with Gasteiger partial charge in [-0.3, -0.25) is 9.59 Å². The lowest BCUT2D eigenvalue weighted by Gasteiger charge is -2.37. The number of carbonyl (C=O) groups excluding carboxylic acids is 2. The molecule has 0 bridgehead atoms. The molecule has 5 nitrogen and oxygen atoms in total. The number of esters is 1. The Balaban J connectivity index is 2.01. The van der Waals surface area contributed by atoms with Crippen molar-refractivity contribution in [2.24, 2.45) is 11.3 Å². The molecule has 1 fully saturated rings. The van der Waals surface area contributed by atoms with Gasteiger partial charge >= 0.3 is 5.97 Å². The third kappa shape index (κ3) is 5.49. The molecule has 1 aliphatic carbocycles. The number of hydrogen-bond acceptors (Lipinski definition) is 4. The SMILES string of the molecule is CCOC(=O)CCNC(=O)c1ccc(C2CCC(C(C)(C)C)CC2)c(N)c1C. The quantitative estimate of drug-likeness (QED) is 0.552. The van der Waals surface area contributed by atoms with Crippen molar-refractivity contribution in [1.82, 2.24) is 5.32 Å². The minimum absolute atomic E-state index is 0.170. The molecule has 0 heterocycles. The van der Waals surface area contributed by atoms with Gasteiger partial charge < -0.3 is 15.8 Å². The lowest BCUT2D eigenvalue weighted by Crippen LogP contribution is -2.28. The number of anilines is 1. The summed E-state index contributed by atoms with van der Waals surface area (Å²) >= 11 is 0. The van der Waals surface area contributed by atoms with Crippen LogP contribution < -0.4 is 11.1 Å². The fourth-order valence-electron chi connectivity index (χ4n) is 4.23. The summed E-state index contributed by atoms with van der Waals surface area (Å²) in [7, 11) is 0. The van der Waals surface area contributed by atoms with Crippen LogP contribution in [0.4, 0.5) is 5.69 Å². The molecule has 3 N–H and O–H groups in total. The molecule has 1 aliphatic rings. The molecule has 1 aromatic carbocycles. The summed E-state index contributed by atoms with van der Waals surface area (Å²) in [6, 6.07) is 3.89. The van der Waals surface area contributed by atoms with Crippen molar-refractivity contribution in [2.45, 2.75) is 72.6 Å². The van der Waals surface area contributed by atoms with Crippen LogP contribution in [0.2, 0.25) is 0 Å². The van der Waals surface area contributed by atoms with Gasteiger partial charge in [-0.15, -0.1) is 0 Å². The Kier molecular flexibility index (Phi) is 7.50. The Morgan fingerprint density at radius 3 is 2.39 bits per heavy atom. The van der Waals surface area contributed by atoms with Crippen molar-refractivity contribution in [3.8, 4) is 0 Å². The largest absolute Gasteiger partial charge is 0.466 e. The smallest absolute Gasteiger partial charge is 0.307 e. The highest BCUT2D eigenvalue weighted by Gasteiger charge is 2.31. The summed E-state index contributed by atoms with van der Waals surface area (Å²) in [6.45, 7) is 11.3. The fraction of sp³-hybridized carbons (Fsp3) is 0.652. The second-order valence-electron chi connectivity index (χ2n) is 8.97. The summed E-state index contributed by atoms with van der Waals surface area (Å²) in [5.41, 5.74) is 10.1. The van der Waals surface area contributed by atoms with E-state index in [0.29, 0.717) is 23.5 Å². The molecule has 156 valence electrons. The highest BCUT2D eigenvalue weighted by Crippen LogP contribution is 2.44. The summed E-state index contributed by atoms with van der Waals surface area (Å²) < 4.78 is 4.87. The minimum Gasteiger partial charge on any atom is -0.466 e. The normalized spacial score (nSPS) is 19.9. The number of benzene rings is 1. The average molecular weight is 389 g/mol. The third-order valence-electron chi connectivity index (χ3n) is 6.10. The zero-order valence-electron chi connectivity index (χ0n) is 18.1. The number of amides is 1. The Morgan fingerprint density at radius 2 is 1.82 bits per heavy atom. The first-order chi connectivity index (χ1) is 13.1. The van der Waals surface area contributed by atoms with E-state index in [2.05, 4.69) is 26.1 Å². The summed E-state index contributed by atoms with van der Waals surface area (Å²) in [4.78, 5) is 23.9. The molecule has 0 spiro atoms. The van der Waals surface area contributed by atoms with Gasteiger partial charge in [-0.05, 0) is 74.0 Å². The molecule has 1 amide bonds. The lowest BCUT2D eigenvalue weighted by molar-refractivity contribution is -0.142. The average Bonchev–Trinajstić information content (AvgIpc) is 2.63. The molecule has 0 unspecified atom stereocenters. The Labute approximate surface area is 169 Å². The van der Waals surface area contributed by atoms with Crippen molar-refractivity contribution < 1.29 is 14.3 Å². The summed E-state index contributed by atoms with van der Waals surface area (Å²) in [5.74, 6) is 0.727. The number of nitrogens with one attached hydrogen (secondary N) is 1. The van der Waals surface area contributed by atoms with Gasteiger partial charge in [0.2, 0.25) is 0 Å². The molecule has 1 aromatic rings. The highest BCUT2D eigenvalue weighted by atomic mass is 16.5. The first-order valence-corrected chi connectivity index (χ1v) is 10.5. The van der Waals surface area contributed by atoms with Crippen LogP contribution in [0, 0.1) is 18.3 Å². The van der Waals surface area contributed by atoms with Crippen LogP contribution >= 0.6 is 0 Å². The number of ether oxygens (including phenoxy) is 1. The standard InChI is InChI=1S/C23H36N2O3/c1-6-28-20(26)13-14-25-22(27)18-11-12-19(21(24)15(18)2)16-7-9-17(10-8-16)23(3,4)5/h11-12,16-17H,6-10,13-14,24H2,1-5H3,(H,25,27). The van der Waals surface area contributed by atoms with Gasteiger partial charge in [0.15, 0.2) is 0 Å². The molecule has 0 aliphatic heterocycles. The van der Waals surface area contributed by atoms with E-state index < -0.39 is 0 Å². The summed E-state index contributed by atoms with van der Waals surface area (Å²) in [5, 5.41) is 2.78. The molecule has 2 rings (SSSR count). The maximum atomic E-state index is 12.5. The lowest BCUT2D eigenvalue weighted by atomic mass is 9.68. The van der Waals surface area contributed by atoms with Crippen LogP contribution in [-0.4, -0.2) is 25.0 Å². The van der Waals surface area contributed by atoms with Crippen LogP contribution in [0.15, 0.2) is 12.1 Å². The van der Waals surface area contributed by atoms with E-state index in [4.69, 9.17) is 10.5 Å². The number of rotatable bonds is 6. The van der Waals surface area contributed by atoms with Gasteiger partial charge in [0.1, 0.15) is 0 Å². The molecule has 5 heteroatoms. The topological polar surface area (TPSA) is 81.4 Å². The van der Waals surface area contributed by atoms with Crippen molar-refractivity contribution >= 4 is 17.6 Å². The predicted molar refractivity (Wildman–Crippen MR) is 113 cm³/mol. The zero-order valence-corrected chi connectivity index (χ0v) is 18.1. The van der Waals surface area contributed by atoms with E-state index >= 15 is 0 Å². The van der Waals surface area contributed by atoms with Gasteiger partial charge in [-0.1, -0.05) is 26.8 Å². The highest BCUT2D eigenvalue weighted by molar-refractivity contribution is 5.97. The van der Waals surface area contributed by atoms with Crippen LogP contribution in [-0.2, 0) is 9.53 Å². The van der Waals surface area contributed by atoms with E-state index in [1.165, 1.54) is 18.4 Å². The summed E-state index contributed by atoms with van der Waals surface area (Å²) in [6.07, 6.45) is 4.92. The van der Waals surface area contributed by atoms with Crippen molar-refractivity contribution in [3.05, 3.63) is 28.8 Å². The Morgan fingerprint density at radius 1 is 1.18 bits per heavy atom.